The number of nitrogen functional groups attached to an aromatic ring is 1. The van der Waals surface area contributed by atoms with Gasteiger partial charge in [0.25, 0.3) is 0 Å². The monoisotopic (exact) mass is 413 g/mol. The number of halogens is 1. The van der Waals surface area contributed by atoms with E-state index in [0.29, 0.717) is 6.29 Å². The van der Waals surface area contributed by atoms with Gasteiger partial charge in [-0.1, -0.05) is 0 Å². The van der Waals surface area contributed by atoms with Crippen LogP contribution >= 0.6 is 12.4 Å². The van der Waals surface area contributed by atoms with Crippen LogP contribution in [0.5, 0.6) is 0 Å². The van der Waals surface area contributed by atoms with E-state index in [-0.39, 0.29) is 24.6 Å². The molecule has 1 aromatic rings. The predicted molar refractivity (Wildman–Crippen MR) is 92.9 cm³/mol. The van der Waals surface area contributed by atoms with Crippen molar-refractivity contribution in [3.63, 3.8) is 0 Å². The van der Waals surface area contributed by atoms with E-state index in [9.17, 15) is 19.8 Å². The van der Waals surface area contributed by atoms with Crippen molar-refractivity contribution in [1.82, 2.24) is 9.55 Å². The zero-order valence-electron chi connectivity index (χ0n) is 14.1. The van der Waals surface area contributed by atoms with Crippen LogP contribution in [-0.4, -0.2) is 90.2 Å². The molecule has 2 rings (SSSR count). The standard InChI is InChI=1S/C9H13N3O5.C5H10O4.ClH/c10-5-1-2-12(9(16)11-5)8-7(15)6(14)4(3-13)17-8;6-2-1-4(8)5(9)3-7;/h1-2,4,6-8,13-15H,3H2,(H2,10,11,16);2,4-5,7-9H,1,3H2;1H/t4-,6-,7-,8-;;/m1../s1. The molecule has 2 unspecified atom stereocenters. The maximum Gasteiger partial charge on any atom is 0.351 e. The Morgan fingerprint density at radius 1 is 1.26 bits per heavy atom. The van der Waals surface area contributed by atoms with Crippen molar-refractivity contribution >= 4 is 24.5 Å². The predicted octanol–water partition coefficient (Wildman–Crippen LogP) is -3.85. The van der Waals surface area contributed by atoms with Gasteiger partial charge in [0.15, 0.2) is 6.23 Å². The molecule has 0 aromatic carbocycles. The van der Waals surface area contributed by atoms with E-state index in [2.05, 4.69) is 4.98 Å². The van der Waals surface area contributed by atoms with Crippen molar-refractivity contribution in [1.29, 1.82) is 0 Å². The minimum Gasteiger partial charge on any atom is -0.394 e. The fraction of sp³-hybridized carbons (Fsp3) is 0.643. The third-order valence-corrected chi connectivity index (χ3v) is 3.61. The lowest BCUT2D eigenvalue weighted by molar-refractivity contribution is -0.111. The lowest BCUT2D eigenvalue weighted by Crippen LogP contribution is -2.36. The molecule has 0 amide bonds. The Bertz CT molecular complexity index is 632. The van der Waals surface area contributed by atoms with Gasteiger partial charge in [0, 0.05) is 12.6 Å². The number of carbonyl (C=O) groups excluding carboxylic acids is 1. The number of carbonyl (C=O) groups is 1. The van der Waals surface area contributed by atoms with Crippen LogP contribution in [0, 0.1) is 0 Å². The van der Waals surface area contributed by atoms with Gasteiger partial charge >= 0.3 is 5.69 Å². The second-order valence-corrected chi connectivity index (χ2v) is 5.49. The number of ether oxygens (including phenoxy) is 1. The number of aromatic nitrogens is 2. The summed E-state index contributed by atoms with van der Waals surface area (Å²) in [6, 6.07) is 1.37. The Morgan fingerprint density at radius 2 is 1.89 bits per heavy atom. The Balaban J connectivity index is 0.000000584. The fourth-order valence-corrected chi connectivity index (χ4v) is 2.11. The molecule has 0 aliphatic carbocycles. The van der Waals surface area contributed by atoms with Gasteiger partial charge in [-0.25, -0.2) is 4.79 Å². The van der Waals surface area contributed by atoms with Gasteiger partial charge in [0.1, 0.15) is 36.5 Å². The fourth-order valence-electron chi connectivity index (χ4n) is 2.11. The molecule has 1 aromatic heterocycles. The Morgan fingerprint density at radius 3 is 2.33 bits per heavy atom. The maximum atomic E-state index is 11.5. The van der Waals surface area contributed by atoms with Crippen molar-refractivity contribution in [2.75, 3.05) is 18.9 Å². The van der Waals surface area contributed by atoms with Crippen molar-refractivity contribution in [2.24, 2.45) is 0 Å². The number of rotatable bonds is 6. The summed E-state index contributed by atoms with van der Waals surface area (Å²) in [7, 11) is 0. The molecule has 1 aliphatic heterocycles. The van der Waals surface area contributed by atoms with Crippen molar-refractivity contribution in [3.8, 4) is 0 Å². The first-order valence-electron chi connectivity index (χ1n) is 7.64. The van der Waals surface area contributed by atoms with Crippen LogP contribution in [0.3, 0.4) is 0 Å². The molecule has 0 spiro atoms. The lowest BCUT2D eigenvalue weighted by atomic mass is 10.1. The second kappa shape index (κ2) is 11.9. The maximum absolute atomic E-state index is 11.5. The highest BCUT2D eigenvalue weighted by Gasteiger charge is 2.43. The first-order chi connectivity index (χ1) is 12.3. The van der Waals surface area contributed by atoms with E-state index in [4.69, 9.17) is 30.9 Å². The summed E-state index contributed by atoms with van der Waals surface area (Å²) in [4.78, 5) is 24.7. The summed E-state index contributed by atoms with van der Waals surface area (Å²) in [5.74, 6) is 0.0537. The number of aliphatic hydroxyl groups excluding tert-OH is 6. The number of hydrogen-bond acceptors (Lipinski definition) is 11. The minimum absolute atomic E-state index is 0. The SMILES string of the molecule is Cl.Nc1ccn([C@@H]2O[C@H](CO)[C@@H](O)[C@H]2O)c(=O)n1.O=CCC(O)C(O)CO. The van der Waals surface area contributed by atoms with Gasteiger partial charge in [-0.05, 0) is 6.07 Å². The number of anilines is 1. The van der Waals surface area contributed by atoms with Gasteiger partial charge in [0.05, 0.1) is 19.3 Å². The van der Waals surface area contributed by atoms with E-state index < -0.39 is 55.7 Å². The summed E-state index contributed by atoms with van der Waals surface area (Å²) in [6.07, 6.45) is -5.24. The molecular weight excluding hydrogens is 390 g/mol. The summed E-state index contributed by atoms with van der Waals surface area (Å²) in [6.45, 7) is -0.971. The van der Waals surface area contributed by atoms with Gasteiger partial charge in [0.2, 0.25) is 0 Å². The molecule has 1 fully saturated rings. The number of nitrogens with two attached hydrogens (primary N) is 1. The largest absolute Gasteiger partial charge is 0.394 e. The topological polar surface area (TPSA) is 209 Å². The van der Waals surface area contributed by atoms with E-state index >= 15 is 0 Å². The Labute approximate surface area is 159 Å². The molecule has 0 saturated carbocycles. The zero-order valence-corrected chi connectivity index (χ0v) is 14.9. The number of hydrogen-bond donors (Lipinski definition) is 7. The van der Waals surface area contributed by atoms with Crippen LogP contribution in [0.25, 0.3) is 0 Å². The molecule has 156 valence electrons. The number of aldehydes is 1. The first-order valence-corrected chi connectivity index (χ1v) is 7.64. The zero-order chi connectivity index (χ0) is 19.9. The van der Waals surface area contributed by atoms with Crippen molar-refractivity contribution in [2.45, 2.75) is 43.2 Å². The van der Waals surface area contributed by atoms with E-state index in [1.165, 1.54) is 12.3 Å². The number of nitrogens with zero attached hydrogens (tertiary/aromatic N) is 2. The summed E-state index contributed by atoms with van der Waals surface area (Å²) < 4.78 is 6.19. The van der Waals surface area contributed by atoms with Gasteiger partial charge in [-0.2, -0.15) is 4.98 Å². The van der Waals surface area contributed by atoms with Crippen LogP contribution in [-0.2, 0) is 9.53 Å². The Kier molecular flexibility index (Phi) is 11.2. The summed E-state index contributed by atoms with van der Waals surface area (Å²) in [5, 5.41) is 53.6. The normalized spacial score (nSPS) is 26.3. The van der Waals surface area contributed by atoms with Crippen molar-refractivity contribution < 1.29 is 40.2 Å². The highest BCUT2D eigenvalue weighted by Crippen LogP contribution is 2.27. The molecule has 1 aliphatic rings. The molecule has 13 heteroatoms. The van der Waals surface area contributed by atoms with E-state index in [1.54, 1.807) is 0 Å². The van der Waals surface area contributed by atoms with Crippen LogP contribution in [0.4, 0.5) is 5.82 Å². The van der Waals surface area contributed by atoms with Gasteiger partial charge in [-0.15, -0.1) is 12.4 Å². The molecule has 27 heavy (non-hydrogen) atoms. The van der Waals surface area contributed by atoms with Crippen LogP contribution in [0.1, 0.15) is 12.6 Å². The lowest BCUT2D eigenvalue weighted by Gasteiger charge is -2.16. The van der Waals surface area contributed by atoms with Crippen LogP contribution in [0.2, 0.25) is 0 Å². The Hall–Kier alpha value is -1.64. The van der Waals surface area contributed by atoms with Crippen LogP contribution < -0.4 is 11.4 Å². The molecule has 6 atom stereocenters. The third kappa shape index (κ3) is 6.79. The van der Waals surface area contributed by atoms with Crippen molar-refractivity contribution in [3.05, 3.63) is 22.7 Å². The first kappa shape index (κ1) is 25.4. The third-order valence-electron chi connectivity index (χ3n) is 3.61. The highest BCUT2D eigenvalue weighted by atomic mass is 35.5. The number of aliphatic hydroxyl groups is 6. The molecule has 12 nitrogen and oxygen atoms in total. The quantitative estimate of drug-likeness (QED) is 0.224. The highest BCUT2D eigenvalue weighted by molar-refractivity contribution is 5.85. The molecule has 1 saturated heterocycles. The van der Waals surface area contributed by atoms with E-state index in [1.807, 2.05) is 0 Å². The molecule has 2 heterocycles. The molecule has 0 bridgehead atoms. The van der Waals surface area contributed by atoms with Gasteiger partial charge < -0.3 is 45.9 Å². The summed E-state index contributed by atoms with van der Waals surface area (Å²) >= 11 is 0. The van der Waals surface area contributed by atoms with Gasteiger partial charge in [-0.3, -0.25) is 4.57 Å². The average molecular weight is 414 g/mol. The second-order valence-electron chi connectivity index (χ2n) is 5.49. The molecular formula is C14H24ClN3O9. The average Bonchev–Trinajstić information content (AvgIpc) is 2.90. The smallest absolute Gasteiger partial charge is 0.351 e. The minimum atomic E-state index is -1.31. The molecule has 0 radical (unpaired) electrons. The van der Waals surface area contributed by atoms with Crippen LogP contribution in [0.15, 0.2) is 17.1 Å². The van der Waals surface area contributed by atoms with E-state index in [0.717, 1.165) is 4.57 Å². The molecule has 8 N–H and O–H groups in total. The summed E-state index contributed by atoms with van der Waals surface area (Å²) in [5.41, 5.74) is 4.63.